The molecule has 2 rings (SSSR count). The van der Waals surface area contributed by atoms with Crippen LogP contribution in [0, 0.1) is 5.92 Å². The predicted octanol–water partition coefficient (Wildman–Crippen LogP) is 1.83. The third kappa shape index (κ3) is 4.63. The number of morpholine rings is 1. The summed E-state index contributed by atoms with van der Waals surface area (Å²) in [6, 6.07) is 0. The fraction of sp³-hybridized carbons (Fsp3) is 0.733. The molecule has 112 valence electrons. The fourth-order valence-electron chi connectivity index (χ4n) is 2.89. The van der Waals surface area contributed by atoms with Crippen LogP contribution < -0.4 is 0 Å². The summed E-state index contributed by atoms with van der Waals surface area (Å²) < 4.78 is 5.36. The molecule has 1 unspecified atom stereocenters. The normalized spacial score (nSPS) is 25.0. The zero-order valence-electron chi connectivity index (χ0n) is 11.8. The van der Waals surface area contributed by atoms with Crippen molar-refractivity contribution >= 4 is 11.9 Å². The van der Waals surface area contributed by atoms with Crippen molar-refractivity contribution in [1.29, 1.82) is 0 Å². The van der Waals surface area contributed by atoms with Gasteiger partial charge in [-0.1, -0.05) is 25.3 Å². The Labute approximate surface area is 119 Å². The smallest absolute Gasteiger partial charge is 0.306 e. The molecular weight excluding hydrogens is 258 g/mol. The number of carboxylic acids is 1. The molecule has 2 fully saturated rings. The van der Waals surface area contributed by atoms with Crippen LogP contribution in [0.15, 0.2) is 12.2 Å². The van der Waals surface area contributed by atoms with E-state index in [0.29, 0.717) is 25.6 Å². The van der Waals surface area contributed by atoms with Crippen molar-refractivity contribution < 1.29 is 19.4 Å². The van der Waals surface area contributed by atoms with Gasteiger partial charge >= 0.3 is 5.97 Å². The lowest BCUT2D eigenvalue weighted by atomic mass is 9.89. The maximum absolute atomic E-state index is 12.1. The summed E-state index contributed by atoms with van der Waals surface area (Å²) in [5, 5.41) is 8.77. The minimum Gasteiger partial charge on any atom is -0.481 e. The number of hydrogen-bond donors (Lipinski definition) is 1. The van der Waals surface area contributed by atoms with E-state index < -0.39 is 5.97 Å². The summed E-state index contributed by atoms with van der Waals surface area (Å²) in [6.45, 7) is 1.34. The molecule has 0 aromatic heterocycles. The van der Waals surface area contributed by atoms with Gasteiger partial charge in [-0.05, 0) is 24.8 Å². The van der Waals surface area contributed by atoms with E-state index in [2.05, 4.69) is 0 Å². The van der Waals surface area contributed by atoms with Crippen LogP contribution in [-0.4, -0.2) is 47.7 Å². The second-order valence-corrected chi connectivity index (χ2v) is 5.63. The van der Waals surface area contributed by atoms with Crippen molar-refractivity contribution in [2.24, 2.45) is 5.92 Å². The Morgan fingerprint density at radius 1 is 1.25 bits per heavy atom. The fourth-order valence-corrected chi connectivity index (χ4v) is 2.89. The predicted molar refractivity (Wildman–Crippen MR) is 74.3 cm³/mol. The van der Waals surface area contributed by atoms with E-state index >= 15 is 0 Å². The highest BCUT2D eigenvalue weighted by atomic mass is 16.5. The van der Waals surface area contributed by atoms with Crippen molar-refractivity contribution in [2.75, 3.05) is 19.7 Å². The molecule has 0 bridgehead atoms. The van der Waals surface area contributed by atoms with E-state index in [1.807, 2.05) is 6.08 Å². The number of amides is 1. The summed E-state index contributed by atoms with van der Waals surface area (Å²) in [4.78, 5) is 24.5. The van der Waals surface area contributed by atoms with Gasteiger partial charge in [0.2, 0.25) is 5.91 Å². The van der Waals surface area contributed by atoms with E-state index in [4.69, 9.17) is 9.84 Å². The molecule has 0 aromatic carbocycles. The molecule has 1 saturated heterocycles. The Balaban J connectivity index is 1.81. The van der Waals surface area contributed by atoms with Crippen molar-refractivity contribution in [3.63, 3.8) is 0 Å². The highest BCUT2D eigenvalue weighted by molar-refractivity contribution is 5.87. The maximum atomic E-state index is 12.1. The summed E-state index contributed by atoms with van der Waals surface area (Å²) in [7, 11) is 0. The van der Waals surface area contributed by atoms with E-state index in [0.717, 1.165) is 0 Å². The number of carbonyl (C=O) groups is 2. The molecule has 1 aliphatic carbocycles. The highest BCUT2D eigenvalue weighted by Gasteiger charge is 2.25. The lowest BCUT2D eigenvalue weighted by molar-refractivity contribution is -0.145. The van der Waals surface area contributed by atoms with E-state index in [1.54, 1.807) is 11.0 Å². The third-order valence-electron chi connectivity index (χ3n) is 4.01. The Hall–Kier alpha value is -1.36. The second kappa shape index (κ2) is 7.43. The average molecular weight is 281 g/mol. The number of hydrogen-bond acceptors (Lipinski definition) is 3. The molecule has 0 aromatic rings. The molecule has 1 atom stereocenters. The van der Waals surface area contributed by atoms with E-state index in [1.165, 1.54) is 32.1 Å². The summed E-state index contributed by atoms with van der Waals surface area (Å²) in [5.41, 5.74) is 0. The largest absolute Gasteiger partial charge is 0.481 e. The van der Waals surface area contributed by atoms with Crippen LogP contribution in [0.4, 0.5) is 0 Å². The van der Waals surface area contributed by atoms with Gasteiger partial charge in [-0.25, -0.2) is 0 Å². The number of allylic oxidation sites excluding steroid dienone is 1. The molecule has 2 aliphatic rings. The summed E-state index contributed by atoms with van der Waals surface area (Å²) in [6.07, 6.45) is 9.43. The number of aliphatic carboxylic acids is 1. The molecule has 1 N–H and O–H groups in total. The van der Waals surface area contributed by atoms with Crippen LogP contribution in [0.3, 0.4) is 0 Å². The zero-order valence-corrected chi connectivity index (χ0v) is 11.8. The van der Waals surface area contributed by atoms with Crippen LogP contribution in [0.5, 0.6) is 0 Å². The SMILES string of the molecule is O=C(O)CC1CN(C(=O)C=CC2CCCCC2)CCO1. The molecule has 5 nitrogen and oxygen atoms in total. The highest BCUT2D eigenvalue weighted by Crippen LogP contribution is 2.24. The number of carbonyl (C=O) groups excluding carboxylic acids is 1. The lowest BCUT2D eigenvalue weighted by Gasteiger charge is -2.31. The molecule has 1 aliphatic heterocycles. The molecule has 1 heterocycles. The van der Waals surface area contributed by atoms with E-state index in [-0.39, 0.29) is 18.4 Å². The van der Waals surface area contributed by atoms with Gasteiger partial charge in [-0.2, -0.15) is 0 Å². The van der Waals surface area contributed by atoms with E-state index in [9.17, 15) is 9.59 Å². The van der Waals surface area contributed by atoms with Gasteiger partial charge in [0.25, 0.3) is 0 Å². The van der Waals surface area contributed by atoms with Crippen LogP contribution in [0.1, 0.15) is 38.5 Å². The van der Waals surface area contributed by atoms with Gasteiger partial charge in [0, 0.05) is 13.1 Å². The number of ether oxygens (including phenoxy) is 1. The standard InChI is InChI=1S/C15H23NO4/c17-14(7-6-12-4-2-1-3-5-12)16-8-9-20-13(11-16)10-15(18)19/h6-7,12-13H,1-5,8-11H2,(H,18,19). The summed E-state index contributed by atoms with van der Waals surface area (Å²) >= 11 is 0. The van der Waals surface area contributed by atoms with Gasteiger partial charge in [0.15, 0.2) is 0 Å². The molecule has 20 heavy (non-hydrogen) atoms. The molecule has 0 radical (unpaired) electrons. The van der Waals surface area contributed by atoms with Gasteiger partial charge in [0.1, 0.15) is 0 Å². The Bertz CT molecular complexity index is 374. The molecular formula is C15H23NO4. The lowest BCUT2D eigenvalue weighted by Crippen LogP contribution is -2.45. The first kappa shape index (κ1) is 15.0. The van der Waals surface area contributed by atoms with Crippen LogP contribution in [0.2, 0.25) is 0 Å². The van der Waals surface area contributed by atoms with Crippen LogP contribution in [-0.2, 0) is 14.3 Å². The molecule has 0 spiro atoms. The number of nitrogens with zero attached hydrogens (tertiary/aromatic N) is 1. The number of carboxylic acid groups (broad SMARTS) is 1. The van der Waals surface area contributed by atoms with Crippen molar-refractivity contribution in [3.05, 3.63) is 12.2 Å². The Morgan fingerprint density at radius 3 is 2.70 bits per heavy atom. The first-order valence-electron chi connectivity index (χ1n) is 7.45. The van der Waals surface area contributed by atoms with Gasteiger partial charge < -0.3 is 14.7 Å². The van der Waals surface area contributed by atoms with Crippen molar-refractivity contribution in [2.45, 2.75) is 44.6 Å². The minimum absolute atomic E-state index is 0.0192. The first-order chi connectivity index (χ1) is 9.65. The third-order valence-corrected chi connectivity index (χ3v) is 4.01. The topological polar surface area (TPSA) is 66.8 Å². The number of rotatable bonds is 4. The van der Waals surface area contributed by atoms with Crippen LogP contribution >= 0.6 is 0 Å². The van der Waals surface area contributed by atoms with Gasteiger partial charge in [-0.3, -0.25) is 9.59 Å². The quantitative estimate of drug-likeness (QED) is 0.798. The zero-order chi connectivity index (χ0) is 14.4. The minimum atomic E-state index is -0.887. The summed E-state index contributed by atoms with van der Waals surface area (Å²) in [5.74, 6) is -0.375. The van der Waals surface area contributed by atoms with Gasteiger partial charge in [0.05, 0.1) is 19.1 Å². The Kier molecular flexibility index (Phi) is 5.59. The maximum Gasteiger partial charge on any atom is 0.306 e. The second-order valence-electron chi connectivity index (χ2n) is 5.63. The average Bonchev–Trinajstić information content (AvgIpc) is 2.45. The van der Waals surface area contributed by atoms with Crippen LogP contribution in [0.25, 0.3) is 0 Å². The molecule has 1 saturated carbocycles. The van der Waals surface area contributed by atoms with Gasteiger partial charge in [-0.15, -0.1) is 0 Å². The van der Waals surface area contributed by atoms with Crippen molar-refractivity contribution in [3.8, 4) is 0 Å². The monoisotopic (exact) mass is 281 g/mol. The molecule has 1 amide bonds. The first-order valence-corrected chi connectivity index (χ1v) is 7.45. The Morgan fingerprint density at radius 2 is 2.00 bits per heavy atom. The molecule has 5 heteroatoms. The van der Waals surface area contributed by atoms with Crippen molar-refractivity contribution in [1.82, 2.24) is 4.90 Å².